The number of likely N-dealkylation sites (N-methyl/N-ethyl adjacent to an activating group) is 1. The first kappa shape index (κ1) is 28.9. The van der Waals surface area contributed by atoms with Gasteiger partial charge in [0.1, 0.15) is 0 Å². The maximum atomic E-state index is 13.7. The summed E-state index contributed by atoms with van der Waals surface area (Å²) in [4.78, 5) is 46.2. The molecule has 3 aromatic rings. The van der Waals surface area contributed by atoms with Gasteiger partial charge in [-0.05, 0) is 75.2 Å². The molecule has 1 aromatic heterocycles. The van der Waals surface area contributed by atoms with Crippen LogP contribution in [0.2, 0.25) is 0 Å². The number of sulfonamides is 1. The van der Waals surface area contributed by atoms with E-state index in [1.54, 1.807) is 25.1 Å². The van der Waals surface area contributed by atoms with E-state index in [0.717, 1.165) is 18.7 Å². The van der Waals surface area contributed by atoms with E-state index in [-0.39, 0.29) is 34.5 Å². The number of H-pyrrole nitrogens is 1. The quantitative estimate of drug-likeness (QED) is 0.316. The highest BCUT2D eigenvalue weighted by molar-refractivity contribution is 7.92. The van der Waals surface area contributed by atoms with Crippen LogP contribution in [0.15, 0.2) is 47.4 Å². The summed E-state index contributed by atoms with van der Waals surface area (Å²) in [7, 11) is -1.84. The molecule has 10 nitrogen and oxygen atoms in total. The molecule has 0 radical (unpaired) electrons. The molecule has 0 atom stereocenters. The van der Waals surface area contributed by atoms with Crippen molar-refractivity contribution < 1.29 is 22.8 Å². The Morgan fingerprint density at radius 3 is 2.51 bits per heavy atom. The Morgan fingerprint density at radius 1 is 1.02 bits per heavy atom. The lowest BCUT2D eigenvalue weighted by molar-refractivity contribution is -0.132. The fourth-order valence-electron chi connectivity index (χ4n) is 6.31. The zero-order valence-electron chi connectivity index (χ0n) is 24.6. The lowest BCUT2D eigenvalue weighted by atomic mass is 9.98. The second kappa shape index (κ2) is 11.1. The third-order valence-corrected chi connectivity index (χ3v) is 10.4. The molecule has 6 rings (SSSR count). The van der Waals surface area contributed by atoms with Gasteiger partial charge in [0.15, 0.2) is 5.78 Å². The van der Waals surface area contributed by atoms with Gasteiger partial charge in [-0.2, -0.15) is 0 Å². The van der Waals surface area contributed by atoms with Gasteiger partial charge >= 0.3 is 0 Å². The molecular weight excluding hydrogens is 566 g/mol. The number of benzene rings is 2. The largest absolute Gasteiger partial charge is 0.358 e. The van der Waals surface area contributed by atoms with E-state index in [9.17, 15) is 22.8 Å². The third kappa shape index (κ3) is 5.27. The van der Waals surface area contributed by atoms with Gasteiger partial charge in [-0.15, -0.1) is 0 Å². The molecule has 2 aromatic carbocycles. The predicted octanol–water partition coefficient (Wildman–Crippen LogP) is 3.48. The van der Waals surface area contributed by atoms with Crippen molar-refractivity contribution in [1.29, 1.82) is 0 Å². The van der Waals surface area contributed by atoms with Crippen LogP contribution in [0.5, 0.6) is 0 Å². The molecule has 0 saturated carbocycles. The van der Waals surface area contributed by atoms with Gasteiger partial charge in [-0.3, -0.25) is 18.7 Å². The number of aromatic nitrogens is 1. The molecular formula is C32H35N5O5S. The van der Waals surface area contributed by atoms with Crippen LogP contribution in [-0.4, -0.2) is 80.6 Å². The number of nitrogens with zero attached hydrogens (tertiary/aromatic N) is 3. The van der Waals surface area contributed by atoms with Crippen molar-refractivity contribution in [3.63, 3.8) is 0 Å². The Bertz CT molecular complexity index is 1780. The predicted molar refractivity (Wildman–Crippen MR) is 166 cm³/mol. The number of nitrogens with one attached hydrogen (secondary N) is 2. The van der Waals surface area contributed by atoms with Crippen LogP contribution in [0.4, 0.5) is 11.4 Å². The smallest absolute Gasteiger partial charge is 0.264 e. The molecule has 3 aliphatic rings. The summed E-state index contributed by atoms with van der Waals surface area (Å²) >= 11 is 0. The summed E-state index contributed by atoms with van der Waals surface area (Å²) in [5.41, 5.74) is 5.33. The van der Waals surface area contributed by atoms with E-state index in [4.69, 9.17) is 0 Å². The molecule has 3 aliphatic heterocycles. The van der Waals surface area contributed by atoms with Gasteiger partial charge in [0.05, 0.1) is 16.2 Å². The Kier molecular flexibility index (Phi) is 7.47. The van der Waals surface area contributed by atoms with Crippen LogP contribution in [-0.2, 0) is 32.5 Å². The first-order valence-electron chi connectivity index (χ1n) is 14.5. The van der Waals surface area contributed by atoms with Crippen molar-refractivity contribution in [2.75, 3.05) is 49.4 Å². The molecule has 224 valence electrons. The van der Waals surface area contributed by atoms with Crippen LogP contribution >= 0.6 is 0 Å². The average Bonchev–Trinajstić information content (AvgIpc) is 3.65. The van der Waals surface area contributed by atoms with Gasteiger partial charge in [0.2, 0.25) is 5.91 Å². The van der Waals surface area contributed by atoms with Gasteiger partial charge < -0.3 is 20.1 Å². The van der Waals surface area contributed by atoms with Crippen LogP contribution in [0.1, 0.15) is 51.8 Å². The lowest BCUT2D eigenvalue weighted by Gasteiger charge is -2.32. The average molecular weight is 602 g/mol. The van der Waals surface area contributed by atoms with Crippen LogP contribution < -0.4 is 9.62 Å². The number of ketones is 1. The number of aryl methyl sites for hydroxylation is 1. The summed E-state index contributed by atoms with van der Waals surface area (Å²) in [6, 6.07) is 12.1. The summed E-state index contributed by atoms with van der Waals surface area (Å²) in [5, 5.41) is 2.83. The van der Waals surface area contributed by atoms with Crippen molar-refractivity contribution in [1.82, 2.24) is 14.8 Å². The minimum atomic E-state index is -3.87. The Hall–Kier alpha value is -4.22. The number of hydrogen-bond acceptors (Lipinski definition) is 6. The number of carbonyl (C=O) groups excluding carboxylic acids is 3. The number of fused-ring (bicyclic) bond motifs is 2. The number of para-hydroxylation sites is 1. The molecule has 11 heteroatoms. The highest BCUT2D eigenvalue weighted by Gasteiger charge is 2.33. The van der Waals surface area contributed by atoms with Crippen molar-refractivity contribution in [2.24, 2.45) is 0 Å². The fraction of sp³-hybridized carbons (Fsp3) is 0.344. The van der Waals surface area contributed by atoms with Crippen LogP contribution in [0.3, 0.4) is 0 Å². The van der Waals surface area contributed by atoms with E-state index >= 15 is 0 Å². The summed E-state index contributed by atoms with van der Waals surface area (Å²) in [6.07, 6.45) is 2.87. The topological polar surface area (TPSA) is 123 Å². The normalized spacial score (nSPS) is 17.7. The second-order valence-electron chi connectivity index (χ2n) is 11.4. The highest BCUT2D eigenvalue weighted by Crippen LogP contribution is 2.38. The Balaban J connectivity index is 1.33. The van der Waals surface area contributed by atoms with Gasteiger partial charge in [0.25, 0.3) is 15.9 Å². The number of rotatable bonds is 7. The number of anilines is 2. The molecule has 43 heavy (non-hydrogen) atoms. The van der Waals surface area contributed by atoms with Crippen molar-refractivity contribution in [3.8, 4) is 0 Å². The maximum Gasteiger partial charge on any atom is 0.264 e. The molecule has 0 spiro atoms. The molecule has 4 heterocycles. The zero-order valence-corrected chi connectivity index (χ0v) is 25.4. The number of Topliss-reactive ketones (excluding diaryl/α,β-unsaturated/α-hetero) is 1. The molecule has 2 N–H and O–H groups in total. The molecule has 0 aliphatic carbocycles. The summed E-state index contributed by atoms with van der Waals surface area (Å²) < 4.78 is 28.9. The summed E-state index contributed by atoms with van der Waals surface area (Å²) in [5.74, 6) is -0.467. The number of amides is 2. The molecule has 1 fully saturated rings. The number of hydrogen-bond donors (Lipinski definition) is 2. The van der Waals surface area contributed by atoms with E-state index in [2.05, 4.69) is 15.2 Å². The number of carbonyl (C=O) groups is 3. The van der Waals surface area contributed by atoms with E-state index in [1.807, 2.05) is 30.1 Å². The van der Waals surface area contributed by atoms with Gasteiger partial charge in [-0.25, -0.2) is 8.42 Å². The first-order chi connectivity index (χ1) is 20.5. The van der Waals surface area contributed by atoms with Crippen molar-refractivity contribution in [3.05, 3.63) is 76.1 Å². The first-order valence-corrected chi connectivity index (χ1v) is 16.0. The molecule has 0 bridgehead atoms. The minimum Gasteiger partial charge on any atom is -0.358 e. The zero-order chi connectivity index (χ0) is 30.5. The SMILES string of the molecule is CC(=O)c1c(C)[nH]c(/C=C2\C(=O)Nc3ccc(S(=O)(=O)N4CCc5ccccc54)cc32)c1CCC(=O)N1CCN(C)CC1. The third-order valence-electron chi connectivity index (χ3n) is 8.62. The molecule has 0 unspecified atom stereocenters. The lowest BCUT2D eigenvalue weighted by Crippen LogP contribution is -2.47. The van der Waals surface area contributed by atoms with Gasteiger partial charge in [0, 0.05) is 67.3 Å². The standard InChI is InChI=1S/C32H35N5O5S/c1-20-31(21(2)38)24(9-11-30(39)36-16-14-35(3)15-17-36)28(33-20)19-26-25-18-23(8-10-27(25)34-32(26)40)43(41,42)37-13-12-22-6-4-5-7-29(22)37/h4-8,10,18-19,33H,9,11-17H2,1-3H3,(H,34,40)/b26-19-. The summed E-state index contributed by atoms with van der Waals surface area (Å²) in [6.45, 7) is 6.62. The number of piperazine rings is 1. The maximum absolute atomic E-state index is 13.7. The monoisotopic (exact) mass is 601 g/mol. The van der Waals surface area contributed by atoms with Crippen molar-refractivity contribution >= 4 is 50.6 Å². The fourth-order valence-corrected chi connectivity index (χ4v) is 7.84. The molecule has 1 saturated heterocycles. The molecule has 2 amide bonds. The Morgan fingerprint density at radius 2 is 1.77 bits per heavy atom. The number of aromatic amines is 1. The van der Waals surface area contributed by atoms with E-state index < -0.39 is 10.0 Å². The van der Waals surface area contributed by atoms with Crippen LogP contribution in [0.25, 0.3) is 11.6 Å². The van der Waals surface area contributed by atoms with E-state index in [1.165, 1.54) is 23.4 Å². The highest BCUT2D eigenvalue weighted by atomic mass is 32.2. The van der Waals surface area contributed by atoms with Crippen molar-refractivity contribution in [2.45, 2.75) is 38.0 Å². The van der Waals surface area contributed by atoms with Crippen LogP contribution in [0, 0.1) is 6.92 Å². The van der Waals surface area contributed by atoms with E-state index in [0.29, 0.717) is 71.9 Å². The Labute approximate surface area is 251 Å². The second-order valence-corrected chi connectivity index (χ2v) is 13.3. The minimum absolute atomic E-state index is 0.0300. The van der Waals surface area contributed by atoms with Gasteiger partial charge in [-0.1, -0.05) is 18.2 Å².